The van der Waals surface area contributed by atoms with Crippen LogP contribution in [0.4, 0.5) is 4.39 Å². The number of aryl methyl sites for hydroxylation is 1. The molecular weight excluding hydrogens is 367 g/mol. The summed E-state index contributed by atoms with van der Waals surface area (Å²) in [6.07, 6.45) is 12.2. The van der Waals surface area contributed by atoms with Crippen molar-refractivity contribution in [2.45, 2.75) is 77.6 Å². The van der Waals surface area contributed by atoms with Crippen LogP contribution in [-0.4, -0.2) is 0 Å². The Bertz CT molecular complexity index is 962. The molecule has 3 aromatic rings. The zero-order chi connectivity index (χ0) is 20.9. The van der Waals surface area contributed by atoms with Gasteiger partial charge in [-0.05, 0) is 61.0 Å². The van der Waals surface area contributed by atoms with E-state index >= 15 is 4.39 Å². The van der Waals surface area contributed by atoms with E-state index in [9.17, 15) is 0 Å². The molecule has 1 aliphatic rings. The van der Waals surface area contributed by atoms with Crippen LogP contribution in [0.1, 0.15) is 81.8 Å². The van der Waals surface area contributed by atoms with Crippen LogP contribution >= 0.6 is 0 Å². The average molecular weight is 403 g/mol. The summed E-state index contributed by atoms with van der Waals surface area (Å²) in [5.74, 6) is 1.47. The van der Waals surface area contributed by atoms with Gasteiger partial charge in [0.15, 0.2) is 0 Å². The van der Waals surface area contributed by atoms with E-state index in [-0.39, 0.29) is 5.82 Å². The zero-order valence-corrected chi connectivity index (χ0v) is 18.6. The van der Waals surface area contributed by atoms with E-state index in [2.05, 4.69) is 32.0 Å². The van der Waals surface area contributed by atoms with E-state index in [0.717, 1.165) is 22.3 Å². The molecule has 4 rings (SSSR count). The van der Waals surface area contributed by atoms with Crippen molar-refractivity contribution in [3.63, 3.8) is 0 Å². The van der Waals surface area contributed by atoms with Gasteiger partial charge in [0.05, 0.1) is 0 Å². The molecule has 0 nitrogen and oxygen atoms in total. The van der Waals surface area contributed by atoms with E-state index in [0.29, 0.717) is 11.5 Å². The Kier molecular flexibility index (Phi) is 6.87. The minimum Gasteiger partial charge on any atom is -0.206 e. The van der Waals surface area contributed by atoms with Crippen molar-refractivity contribution in [1.82, 2.24) is 0 Å². The summed E-state index contributed by atoms with van der Waals surface area (Å²) < 4.78 is 15.3. The molecule has 0 amide bonds. The van der Waals surface area contributed by atoms with Crippen LogP contribution in [0.25, 0.3) is 21.9 Å². The first-order chi connectivity index (χ1) is 14.7. The molecule has 0 heterocycles. The molecule has 0 bridgehead atoms. The molecule has 0 spiro atoms. The van der Waals surface area contributed by atoms with Crippen LogP contribution in [0.3, 0.4) is 0 Å². The lowest BCUT2D eigenvalue weighted by atomic mass is 9.76. The molecule has 3 aromatic carbocycles. The van der Waals surface area contributed by atoms with Gasteiger partial charge in [-0.3, -0.25) is 0 Å². The van der Waals surface area contributed by atoms with Gasteiger partial charge in [-0.25, -0.2) is 4.39 Å². The summed E-state index contributed by atoms with van der Waals surface area (Å²) in [5, 5.41) is 1.77. The summed E-state index contributed by atoms with van der Waals surface area (Å²) in [4.78, 5) is 0. The molecule has 158 valence electrons. The Morgan fingerprint density at radius 2 is 1.60 bits per heavy atom. The van der Waals surface area contributed by atoms with Crippen LogP contribution in [-0.2, 0) is 0 Å². The Labute approximate surface area is 181 Å². The SMILES string of the molecule is CCCCCC[C@H]1CC[C@H](c2ccc3c(F)c(-c4ccc(C)cc4)ccc3c2)CC1. The molecule has 1 fully saturated rings. The number of benzene rings is 3. The highest BCUT2D eigenvalue weighted by Gasteiger charge is 2.22. The molecule has 0 unspecified atom stereocenters. The maximum Gasteiger partial charge on any atom is 0.138 e. The zero-order valence-electron chi connectivity index (χ0n) is 18.6. The molecule has 0 atom stereocenters. The number of fused-ring (bicyclic) bond motifs is 1. The highest BCUT2D eigenvalue weighted by atomic mass is 19.1. The van der Waals surface area contributed by atoms with Gasteiger partial charge in [0.1, 0.15) is 5.82 Å². The molecule has 1 saturated carbocycles. The maximum absolute atomic E-state index is 15.3. The first kappa shape index (κ1) is 21.1. The second kappa shape index (κ2) is 9.77. The number of rotatable bonds is 7. The smallest absolute Gasteiger partial charge is 0.138 e. The van der Waals surface area contributed by atoms with Crippen LogP contribution in [0, 0.1) is 18.7 Å². The standard InChI is InChI=1S/C29H35F/c1-3-4-5-6-7-22-10-14-23(15-11-22)25-16-18-28-26(20-25)17-19-27(29(28)30)24-12-8-21(2)9-13-24/h8-9,12-13,16-20,22-23H,3-7,10-11,14-15H2,1-2H3/t22-,23-. The summed E-state index contributed by atoms with van der Waals surface area (Å²) in [7, 11) is 0. The van der Waals surface area contributed by atoms with E-state index in [4.69, 9.17) is 0 Å². The fourth-order valence-electron chi connectivity index (χ4n) is 5.16. The topological polar surface area (TPSA) is 0 Å². The quantitative estimate of drug-likeness (QED) is 0.345. The lowest BCUT2D eigenvalue weighted by Gasteiger charge is -2.29. The van der Waals surface area contributed by atoms with E-state index in [1.54, 1.807) is 0 Å². The van der Waals surface area contributed by atoms with Crippen molar-refractivity contribution >= 4 is 10.8 Å². The van der Waals surface area contributed by atoms with Crippen molar-refractivity contribution in [2.24, 2.45) is 5.92 Å². The Morgan fingerprint density at radius 3 is 2.33 bits per heavy atom. The lowest BCUT2D eigenvalue weighted by Crippen LogP contribution is -2.13. The maximum atomic E-state index is 15.3. The molecule has 30 heavy (non-hydrogen) atoms. The monoisotopic (exact) mass is 402 g/mol. The first-order valence-corrected chi connectivity index (χ1v) is 11.9. The van der Waals surface area contributed by atoms with Crippen molar-refractivity contribution in [3.8, 4) is 11.1 Å². The van der Waals surface area contributed by atoms with Crippen LogP contribution in [0.2, 0.25) is 0 Å². The Morgan fingerprint density at radius 1 is 0.833 bits per heavy atom. The highest BCUT2D eigenvalue weighted by molar-refractivity contribution is 5.89. The molecule has 0 aliphatic heterocycles. The van der Waals surface area contributed by atoms with Crippen LogP contribution in [0.15, 0.2) is 54.6 Å². The molecule has 1 aliphatic carbocycles. The van der Waals surface area contributed by atoms with Gasteiger partial charge in [-0.15, -0.1) is 0 Å². The van der Waals surface area contributed by atoms with Gasteiger partial charge in [0.2, 0.25) is 0 Å². The lowest BCUT2D eigenvalue weighted by molar-refractivity contribution is 0.302. The van der Waals surface area contributed by atoms with E-state index < -0.39 is 0 Å². The molecular formula is C29H35F. The van der Waals surface area contributed by atoms with Gasteiger partial charge in [0.25, 0.3) is 0 Å². The van der Waals surface area contributed by atoms with Crippen molar-refractivity contribution < 1.29 is 4.39 Å². The summed E-state index contributed by atoms with van der Waals surface area (Å²) in [6, 6.07) is 18.6. The van der Waals surface area contributed by atoms with Crippen LogP contribution in [0.5, 0.6) is 0 Å². The summed E-state index contributed by atoms with van der Waals surface area (Å²) in [5.41, 5.74) is 4.23. The van der Waals surface area contributed by atoms with E-state index in [1.807, 2.05) is 36.4 Å². The second-order valence-electron chi connectivity index (χ2n) is 9.34. The molecule has 0 radical (unpaired) electrons. The molecule has 0 saturated heterocycles. The Hall–Kier alpha value is -2.15. The third-order valence-electron chi connectivity index (χ3n) is 7.12. The predicted molar refractivity (Wildman–Crippen MR) is 128 cm³/mol. The normalized spacial score (nSPS) is 19.3. The van der Waals surface area contributed by atoms with Gasteiger partial charge >= 0.3 is 0 Å². The number of unbranched alkanes of at least 4 members (excludes halogenated alkanes) is 3. The third-order valence-corrected chi connectivity index (χ3v) is 7.12. The highest BCUT2D eigenvalue weighted by Crippen LogP contribution is 2.39. The van der Waals surface area contributed by atoms with Crippen molar-refractivity contribution in [3.05, 3.63) is 71.5 Å². The van der Waals surface area contributed by atoms with Crippen molar-refractivity contribution in [1.29, 1.82) is 0 Å². The summed E-state index contributed by atoms with van der Waals surface area (Å²) in [6.45, 7) is 4.34. The predicted octanol–water partition coefficient (Wildman–Crippen LogP) is 9.20. The summed E-state index contributed by atoms with van der Waals surface area (Å²) >= 11 is 0. The second-order valence-corrected chi connectivity index (χ2v) is 9.34. The fourth-order valence-corrected chi connectivity index (χ4v) is 5.16. The van der Waals surface area contributed by atoms with Gasteiger partial charge in [-0.2, -0.15) is 0 Å². The minimum absolute atomic E-state index is 0.0984. The Balaban J connectivity index is 1.45. The van der Waals surface area contributed by atoms with Crippen molar-refractivity contribution in [2.75, 3.05) is 0 Å². The van der Waals surface area contributed by atoms with Gasteiger partial charge in [0, 0.05) is 10.9 Å². The molecule has 1 heteroatoms. The first-order valence-electron chi connectivity index (χ1n) is 11.9. The largest absolute Gasteiger partial charge is 0.206 e. The average Bonchev–Trinajstić information content (AvgIpc) is 2.78. The molecule has 0 N–H and O–H groups in total. The molecule has 0 aromatic heterocycles. The van der Waals surface area contributed by atoms with E-state index in [1.165, 1.54) is 68.9 Å². The number of halogens is 1. The number of hydrogen-bond donors (Lipinski definition) is 0. The van der Waals surface area contributed by atoms with Gasteiger partial charge in [-0.1, -0.05) is 99.2 Å². The minimum atomic E-state index is -0.0984. The number of hydrogen-bond acceptors (Lipinski definition) is 0. The van der Waals surface area contributed by atoms with Gasteiger partial charge < -0.3 is 0 Å². The fraction of sp³-hybridized carbons (Fsp3) is 0.448. The van der Waals surface area contributed by atoms with Crippen LogP contribution < -0.4 is 0 Å². The third kappa shape index (κ3) is 4.77.